The van der Waals surface area contributed by atoms with Crippen molar-refractivity contribution in [1.82, 2.24) is 9.80 Å². The van der Waals surface area contributed by atoms with Gasteiger partial charge in [-0.3, -0.25) is 9.59 Å². The summed E-state index contributed by atoms with van der Waals surface area (Å²) < 4.78 is 13.5. The fraction of sp³-hybridized carbons (Fsp3) is 0.478. The van der Waals surface area contributed by atoms with E-state index in [-0.39, 0.29) is 36.1 Å². The fourth-order valence-corrected chi connectivity index (χ4v) is 5.20. The Morgan fingerprint density at radius 1 is 1.21 bits per heavy atom. The summed E-state index contributed by atoms with van der Waals surface area (Å²) in [6, 6.07) is 8.26. The van der Waals surface area contributed by atoms with Crippen LogP contribution in [0.25, 0.3) is 0 Å². The first kappa shape index (κ1) is 20.1. The molecular weight excluding hydrogens is 387 g/mol. The van der Waals surface area contributed by atoms with E-state index in [0.29, 0.717) is 13.1 Å². The molecule has 0 saturated heterocycles. The van der Waals surface area contributed by atoms with Gasteiger partial charge in [0.2, 0.25) is 11.8 Å². The number of fused-ring (bicyclic) bond motifs is 1. The number of hydrogen-bond donors (Lipinski definition) is 0. The van der Waals surface area contributed by atoms with Crippen LogP contribution in [0, 0.1) is 11.7 Å². The number of thiophene rings is 1. The van der Waals surface area contributed by atoms with E-state index in [1.807, 2.05) is 11.8 Å². The first-order valence-corrected chi connectivity index (χ1v) is 11.4. The molecule has 1 aromatic carbocycles. The lowest BCUT2D eigenvalue weighted by Gasteiger charge is -2.38. The average Bonchev–Trinajstić information content (AvgIpc) is 3.15. The summed E-state index contributed by atoms with van der Waals surface area (Å²) in [7, 11) is 0. The highest BCUT2D eigenvalue weighted by Gasteiger charge is 2.35. The van der Waals surface area contributed by atoms with Gasteiger partial charge in [-0.05, 0) is 60.4 Å². The Kier molecular flexibility index (Phi) is 5.99. The van der Waals surface area contributed by atoms with Crippen molar-refractivity contribution in [2.24, 2.45) is 5.92 Å². The molecule has 4 rings (SSSR count). The second-order valence-electron chi connectivity index (χ2n) is 7.98. The van der Waals surface area contributed by atoms with Gasteiger partial charge >= 0.3 is 0 Å². The third-order valence-electron chi connectivity index (χ3n) is 6.06. The van der Waals surface area contributed by atoms with Crippen LogP contribution >= 0.6 is 11.3 Å². The molecule has 1 aromatic heterocycles. The van der Waals surface area contributed by atoms with Crippen LogP contribution in [0.1, 0.15) is 54.7 Å². The average molecular weight is 415 g/mol. The molecule has 154 valence electrons. The smallest absolute Gasteiger partial charge is 0.242 e. The van der Waals surface area contributed by atoms with Crippen LogP contribution in [0.15, 0.2) is 35.7 Å². The maximum absolute atomic E-state index is 13.5. The van der Waals surface area contributed by atoms with Crippen molar-refractivity contribution in [1.29, 1.82) is 0 Å². The fourth-order valence-electron chi connectivity index (χ4n) is 4.29. The molecular formula is C23H27FN2O2S. The third kappa shape index (κ3) is 4.08. The molecule has 0 spiro atoms. The van der Waals surface area contributed by atoms with Crippen LogP contribution in [0.2, 0.25) is 0 Å². The minimum atomic E-state index is -0.284. The van der Waals surface area contributed by atoms with Crippen LogP contribution in [-0.4, -0.2) is 41.2 Å². The van der Waals surface area contributed by atoms with Crippen molar-refractivity contribution in [3.05, 3.63) is 57.5 Å². The molecule has 6 heteroatoms. The molecule has 2 heterocycles. The molecule has 0 radical (unpaired) electrons. The molecule has 1 aliphatic heterocycles. The lowest BCUT2D eigenvalue weighted by molar-refractivity contribution is -0.145. The van der Waals surface area contributed by atoms with Crippen LogP contribution in [0.3, 0.4) is 0 Å². The predicted octanol–water partition coefficient (Wildman–Crippen LogP) is 4.40. The molecule has 1 aliphatic carbocycles. The van der Waals surface area contributed by atoms with E-state index < -0.39 is 0 Å². The zero-order valence-corrected chi connectivity index (χ0v) is 17.6. The maximum atomic E-state index is 13.5. The number of carbonyl (C=O) groups is 2. The van der Waals surface area contributed by atoms with Gasteiger partial charge in [0.05, 0.1) is 12.6 Å². The normalized spacial score (nSPS) is 18.8. The predicted molar refractivity (Wildman–Crippen MR) is 112 cm³/mol. The van der Waals surface area contributed by atoms with Crippen LogP contribution in [-0.2, 0) is 16.0 Å². The Hall–Kier alpha value is -2.21. The summed E-state index contributed by atoms with van der Waals surface area (Å²) >= 11 is 1.71. The molecule has 0 bridgehead atoms. The molecule has 29 heavy (non-hydrogen) atoms. The van der Waals surface area contributed by atoms with Gasteiger partial charge in [0, 0.05) is 23.9 Å². The van der Waals surface area contributed by atoms with Crippen molar-refractivity contribution in [3.63, 3.8) is 0 Å². The first-order chi connectivity index (χ1) is 14.1. The van der Waals surface area contributed by atoms with Gasteiger partial charge in [-0.25, -0.2) is 4.39 Å². The van der Waals surface area contributed by atoms with Gasteiger partial charge in [-0.2, -0.15) is 0 Å². The minimum Gasteiger partial charge on any atom is -0.333 e. The molecule has 2 aliphatic rings. The van der Waals surface area contributed by atoms with E-state index in [2.05, 4.69) is 11.4 Å². The Morgan fingerprint density at radius 2 is 1.97 bits per heavy atom. The summed E-state index contributed by atoms with van der Waals surface area (Å²) in [5.41, 5.74) is 2.03. The van der Waals surface area contributed by atoms with Crippen molar-refractivity contribution in [2.75, 3.05) is 19.6 Å². The van der Waals surface area contributed by atoms with Gasteiger partial charge in [0.1, 0.15) is 5.82 Å². The van der Waals surface area contributed by atoms with Crippen LogP contribution in [0.5, 0.6) is 0 Å². The molecule has 1 fully saturated rings. The van der Waals surface area contributed by atoms with E-state index >= 15 is 0 Å². The largest absolute Gasteiger partial charge is 0.333 e. The second-order valence-corrected chi connectivity index (χ2v) is 8.98. The number of amides is 2. The van der Waals surface area contributed by atoms with Crippen molar-refractivity contribution >= 4 is 23.2 Å². The van der Waals surface area contributed by atoms with Gasteiger partial charge in [0.15, 0.2) is 0 Å². The maximum Gasteiger partial charge on any atom is 0.242 e. The van der Waals surface area contributed by atoms with E-state index in [9.17, 15) is 14.0 Å². The number of halogens is 1. The summed E-state index contributed by atoms with van der Waals surface area (Å²) in [6.07, 6.45) is 4.63. The SMILES string of the molecule is CCCN(CC(=O)N1CCc2sccc2[C@@H]1c1ccc(F)cc1)C(=O)C1CCC1. The van der Waals surface area contributed by atoms with Gasteiger partial charge in [-0.15, -0.1) is 11.3 Å². The number of hydrogen-bond acceptors (Lipinski definition) is 3. The van der Waals surface area contributed by atoms with E-state index in [0.717, 1.165) is 43.2 Å². The van der Waals surface area contributed by atoms with Gasteiger partial charge in [-0.1, -0.05) is 25.5 Å². The lowest BCUT2D eigenvalue weighted by Crippen LogP contribution is -2.48. The van der Waals surface area contributed by atoms with E-state index in [4.69, 9.17) is 0 Å². The van der Waals surface area contributed by atoms with Crippen molar-refractivity contribution in [2.45, 2.75) is 45.1 Å². The topological polar surface area (TPSA) is 40.6 Å². The minimum absolute atomic E-state index is 0.0303. The van der Waals surface area contributed by atoms with E-state index in [1.54, 1.807) is 28.4 Å². The molecule has 1 saturated carbocycles. The molecule has 4 nitrogen and oxygen atoms in total. The highest BCUT2D eigenvalue weighted by atomic mass is 32.1. The summed E-state index contributed by atoms with van der Waals surface area (Å²) in [5, 5.41) is 2.05. The highest BCUT2D eigenvalue weighted by Crippen LogP contribution is 2.38. The number of rotatable bonds is 6. The van der Waals surface area contributed by atoms with Gasteiger partial charge < -0.3 is 9.80 Å². The monoisotopic (exact) mass is 414 g/mol. The van der Waals surface area contributed by atoms with Crippen molar-refractivity contribution < 1.29 is 14.0 Å². The highest BCUT2D eigenvalue weighted by molar-refractivity contribution is 7.10. The third-order valence-corrected chi connectivity index (χ3v) is 7.05. The van der Waals surface area contributed by atoms with Gasteiger partial charge in [0.25, 0.3) is 0 Å². The first-order valence-electron chi connectivity index (χ1n) is 10.5. The summed E-state index contributed by atoms with van der Waals surface area (Å²) in [6.45, 7) is 3.39. The van der Waals surface area contributed by atoms with E-state index in [1.165, 1.54) is 17.0 Å². The van der Waals surface area contributed by atoms with Crippen molar-refractivity contribution in [3.8, 4) is 0 Å². The Balaban J connectivity index is 1.58. The Morgan fingerprint density at radius 3 is 2.62 bits per heavy atom. The zero-order valence-electron chi connectivity index (χ0n) is 16.8. The molecule has 2 amide bonds. The Bertz CT molecular complexity index is 875. The van der Waals surface area contributed by atoms with Crippen LogP contribution in [0.4, 0.5) is 4.39 Å². The molecule has 0 unspecified atom stereocenters. The second kappa shape index (κ2) is 8.66. The number of carbonyl (C=O) groups excluding carboxylic acids is 2. The lowest BCUT2D eigenvalue weighted by atomic mass is 9.84. The summed E-state index contributed by atoms with van der Waals surface area (Å²) in [4.78, 5) is 31.1. The number of nitrogens with zero attached hydrogens (tertiary/aromatic N) is 2. The van der Waals surface area contributed by atoms with Crippen LogP contribution < -0.4 is 0 Å². The zero-order chi connectivity index (χ0) is 20.4. The quantitative estimate of drug-likeness (QED) is 0.703. The standard InChI is InChI=1S/C23H27FN2O2S/c1-2-12-25(23(28)17-4-3-5-17)15-21(27)26-13-10-20-19(11-14-29-20)22(26)16-6-8-18(24)9-7-16/h6-9,11,14,17,22H,2-5,10,12-13,15H2,1H3/t22-/m0/s1. The Labute approximate surface area is 175 Å². The molecule has 0 N–H and O–H groups in total. The molecule has 2 aromatic rings. The molecule has 1 atom stereocenters. The summed E-state index contributed by atoms with van der Waals surface area (Å²) in [5.74, 6) is -0.101. The number of benzene rings is 1.